The highest BCUT2D eigenvalue weighted by Gasteiger charge is 2.14. The highest BCUT2D eigenvalue weighted by Crippen LogP contribution is 2.26. The van der Waals surface area contributed by atoms with Crippen molar-refractivity contribution in [3.63, 3.8) is 0 Å². The van der Waals surface area contributed by atoms with Crippen LogP contribution in [0.1, 0.15) is 33.9 Å². The molecule has 25 heavy (non-hydrogen) atoms. The normalized spacial score (nSPS) is 12.6. The summed E-state index contributed by atoms with van der Waals surface area (Å²) in [7, 11) is 0. The summed E-state index contributed by atoms with van der Waals surface area (Å²) in [6.07, 6.45) is 6.58. The van der Waals surface area contributed by atoms with Gasteiger partial charge < -0.3 is 9.15 Å². The second kappa shape index (κ2) is 6.76. The number of benzene rings is 1. The summed E-state index contributed by atoms with van der Waals surface area (Å²) in [5.41, 5.74) is 2.77. The molecule has 0 fully saturated rings. The maximum absolute atomic E-state index is 12.1. The fourth-order valence-corrected chi connectivity index (χ4v) is 2.90. The summed E-state index contributed by atoms with van der Waals surface area (Å²) in [6, 6.07) is 11.2. The Balaban J connectivity index is 1.37. The van der Waals surface area contributed by atoms with Crippen molar-refractivity contribution in [2.24, 2.45) is 0 Å². The lowest BCUT2D eigenvalue weighted by atomic mass is 10.1. The van der Waals surface area contributed by atoms with E-state index >= 15 is 0 Å². The van der Waals surface area contributed by atoms with Crippen LogP contribution in [0, 0.1) is 0 Å². The van der Waals surface area contributed by atoms with E-state index in [1.54, 1.807) is 30.6 Å². The number of hydrogen-bond acceptors (Lipinski definition) is 5. The number of nitrogens with one attached hydrogen (secondary N) is 1. The zero-order valence-corrected chi connectivity index (χ0v) is 13.6. The molecule has 4 rings (SSSR count). The molecule has 6 nitrogen and oxygen atoms in total. The SMILES string of the molecule is O=C(Nc1ncccn1)c1ccc(COc2ccc3c(c2)CCC3)o1. The Morgan fingerprint density at radius 3 is 2.84 bits per heavy atom. The molecule has 0 spiro atoms. The fraction of sp³-hybridized carbons (Fsp3) is 0.211. The van der Waals surface area contributed by atoms with Gasteiger partial charge in [-0.1, -0.05) is 6.07 Å². The Kier molecular flexibility index (Phi) is 4.16. The molecule has 1 aliphatic carbocycles. The number of carbonyl (C=O) groups is 1. The lowest BCUT2D eigenvalue weighted by molar-refractivity contribution is 0.0991. The van der Waals surface area contributed by atoms with Crippen LogP contribution in [0.5, 0.6) is 5.75 Å². The molecule has 0 aliphatic heterocycles. The Morgan fingerprint density at radius 1 is 1.12 bits per heavy atom. The average Bonchev–Trinajstić information content (AvgIpc) is 3.29. The molecule has 0 atom stereocenters. The van der Waals surface area contributed by atoms with Gasteiger partial charge in [0.2, 0.25) is 5.95 Å². The number of rotatable bonds is 5. The highest BCUT2D eigenvalue weighted by molar-refractivity contribution is 6.01. The second-order valence-corrected chi connectivity index (χ2v) is 5.87. The van der Waals surface area contributed by atoms with Crippen molar-refractivity contribution in [2.75, 3.05) is 5.32 Å². The highest BCUT2D eigenvalue weighted by atomic mass is 16.5. The maximum Gasteiger partial charge on any atom is 0.293 e. The lowest BCUT2D eigenvalue weighted by Gasteiger charge is -2.06. The van der Waals surface area contributed by atoms with E-state index in [2.05, 4.69) is 27.4 Å². The quantitative estimate of drug-likeness (QED) is 0.773. The number of carbonyl (C=O) groups excluding carboxylic acids is 1. The molecule has 1 aliphatic rings. The van der Waals surface area contributed by atoms with Gasteiger partial charge in [0.25, 0.3) is 5.91 Å². The molecular weight excluding hydrogens is 318 g/mol. The summed E-state index contributed by atoms with van der Waals surface area (Å²) in [6.45, 7) is 0.272. The molecule has 0 saturated carbocycles. The van der Waals surface area contributed by atoms with Crippen LogP contribution in [0.15, 0.2) is 53.2 Å². The van der Waals surface area contributed by atoms with Crippen molar-refractivity contribution >= 4 is 11.9 Å². The first-order chi connectivity index (χ1) is 12.3. The zero-order valence-electron chi connectivity index (χ0n) is 13.6. The second-order valence-electron chi connectivity index (χ2n) is 5.87. The Hall–Kier alpha value is -3.15. The number of hydrogen-bond donors (Lipinski definition) is 1. The molecule has 2 aromatic heterocycles. The molecule has 1 N–H and O–H groups in total. The zero-order chi connectivity index (χ0) is 17.1. The van der Waals surface area contributed by atoms with E-state index in [0.29, 0.717) is 5.76 Å². The van der Waals surface area contributed by atoms with Crippen molar-refractivity contribution in [1.29, 1.82) is 0 Å². The molecule has 0 saturated heterocycles. The smallest absolute Gasteiger partial charge is 0.293 e. The van der Waals surface area contributed by atoms with Crippen LogP contribution in [-0.4, -0.2) is 15.9 Å². The van der Waals surface area contributed by atoms with E-state index in [-0.39, 0.29) is 18.3 Å². The Labute approximate surface area is 144 Å². The van der Waals surface area contributed by atoms with Crippen LogP contribution in [-0.2, 0) is 19.4 Å². The van der Waals surface area contributed by atoms with Gasteiger partial charge in [-0.05, 0) is 60.7 Å². The number of amides is 1. The van der Waals surface area contributed by atoms with Gasteiger partial charge >= 0.3 is 0 Å². The molecule has 126 valence electrons. The average molecular weight is 335 g/mol. The van der Waals surface area contributed by atoms with Gasteiger partial charge in [-0.25, -0.2) is 9.97 Å². The number of aryl methyl sites for hydroxylation is 2. The third-order valence-corrected chi connectivity index (χ3v) is 4.13. The number of ether oxygens (including phenoxy) is 1. The number of furan rings is 1. The van der Waals surface area contributed by atoms with Crippen LogP contribution in [0.2, 0.25) is 0 Å². The minimum Gasteiger partial charge on any atom is -0.486 e. The van der Waals surface area contributed by atoms with Gasteiger partial charge in [0.1, 0.15) is 18.1 Å². The van der Waals surface area contributed by atoms with Crippen LogP contribution in [0.3, 0.4) is 0 Å². The van der Waals surface area contributed by atoms with E-state index < -0.39 is 5.91 Å². The lowest BCUT2D eigenvalue weighted by Crippen LogP contribution is -2.13. The van der Waals surface area contributed by atoms with E-state index in [9.17, 15) is 4.79 Å². The van der Waals surface area contributed by atoms with Gasteiger partial charge in [-0.15, -0.1) is 0 Å². The van der Waals surface area contributed by atoms with E-state index in [1.807, 2.05) is 6.07 Å². The van der Waals surface area contributed by atoms with Crippen molar-refractivity contribution in [1.82, 2.24) is 9.97 Å². The first-order valence-electron chi connectivity index (χ1n) is 8.19. The van der Waals surface area contributed by atoms with Gasteiger partial charge in [0.15, 0.2) is 5.76 Å². The summed E-state index contributed by atoms with van der Waals surface area (Å²) in [5.74, 6) is 1.44. The molecule has 3 aromatic rings. The topological polar surface area (TPSA) is 77.2 Å². The number of aromatic nitrogens is 2. The van der Waals surface area contributed by atoms with E-state index in [4.69, 9.17) is 9.15 Å². The predicted molar refractivity (Wildman–Crippen MR) is 91.5 cm³/mol. The molecule has 2 heterocycles. The number of fused-ring (bicyclic) bond motifs is 1. The molecule has 1 aromatic carbocycles. The van der Waals surface area contributed by atoms with Gasteiger partial charge in [0.05, 0.1) is 0 Å². The van der Waals surface area contributed by atoms with Crippen LogP contribution in [0.25, 0.3) is 0 Å². The van der Waals surface area contributed by atoms with Gasteiger partial charge in [-0.2, -0.15) is 0 Å². The fourth-order valence-electron chi connectivity index (χ4n) is 2.90. The predicted octanol–water partition coefficient (Wildman–Crippen LogP) is 3.39. The van der Waals surface area contributed by atoms with Crippen LogP contribution in [0.4, 0.5) is 5.95 Å². The minimum absolute atomic E-state index is 0.194. The monoisotopic (exact) mass is 335 g/mol. The minimum atomic E-state index is -0.394. The van der Waals surface area contributed by atoms with Crippen LogP contribution < -0.4 is 10.1 Å². The van der Waals surface area contributed by atoms with Crippen molar-refractivity contribution in [3.05, 3.63) is 71.4 Å². The first kappa shape index (κ1) is 15.4. The van der Waals surface area contributed by atoms with Gasteiger partial charge in [0, 0.05) is 12.4 Å². The van der Waals surface area contributed by atoms with E-state index in [1.165, 1.54) is 17.5 Å². The molecule has 0 radical (unpaired) electrons. The van der Waals surface area contributed by atoms with Crippen LogP contribution >= 0.6 is 0 Å². The molecular formula is C19H17N3O3. The Morgan fingerprint density at radius 2 is 1.96 bits per heavy atom. The van der Waals surface area contributed by atoms with Gasteiger partial charge in [-0.3, -0.25) is 10.1 Å². The summed E-state index contributed by atoms with van der Waals surface area (Å²) in [4.78, 5) is 20.0. The maximum atomic E-state index is 12.1. The largest absolute Gasteiger partial charge is 0.486 e. The third-order valence-electron chi connectivity index (χ3n) is 4.13. The molecule has 6 heteroatoms. The van der Waals surface area contributed by atoms with Crippen molar-refractivity contribution in [2.45, 2.75) is 25.9 Å². The Bertz CT molecular complexity index is 890. The third kappa shape index (κ3) is 3.52. The van der Waals surface area contributed by atoms with E-state index in [0.717, 1.165) is 18.6 Å². The summed E-state index contributed by atoms with van der Waals surface area (Å²) in [5, 5.41) is 2.58. The molecule has 1 amide bonds. The summed E-state index contributed by atoms with van der Waals surface area (Å²) >= 11 is 0. The molecule has 0 unspecified atom stereocenters. The standard InChI is InChI=1S/C19H17N3O3/c23-18(22-19-20-9-2-10-21-19)17-8-7-16(25-17)12-24-15-6-5-13-3-1-4-14(13)11-15/h2,5-11H,1,3-4,12H2,(H,20,21,22,23). The summed E-state index contributed by atoms with van der Waals surface area (Å²) < 4.78 is 11.3. The van der Waals surface area contributed by atoms with Crippen molar-refractivity contribution < 1.29 is 13.9 Å². The number of nitrogens with zero attached hydrogens (tertiary/aromatic N) is 2. The first-order valence-corrected chi connectivity index (χ1v) is 8.19. The number of anilines is 1. The molecule has 0 bridgehead atoms. The van der Waals surface area contributed by atoms with Crippen molar-refractivity contribution in [3.8, 4) is 5.75 Å².